The van der Waals surface area contributed by atoms with Crippen molar-refractivity contribution in [3.05, 3.63) is 57.1 Å². The normalized spacial score (nSPS) is 11.2. The van der Waals surface area contributed by atoms with Gasteiger partial charge in [0.15, 0.2) is 0 Å². The number of carbonyl (C=O) groups excluding carboxylic acids is 2. The summed E-state index contributed by atoms with van der Waals surface area (Å²) in [5, 5.41) is 4.31. The summed E-state index contributed by atoms with van der Waals surface area (Å²) < 4.78 is 39.1. The van der Waals surface area contributed by atoms with Crippen molar-refractivity contribution in [3.8, 4) is 0 Å². The Bertz CT molecular complexity index is 860. The molecule has 0 heterocycles. The zero-order chi connectivity index (χ0) is 19.6. The fourth-order valence-corrected chi connectivity index (χ4v) is 2.82. The maximum Gasteiger partial charge on any atom is 0.418 e. The van der Waals surface area contributed by atoms with Crippen molar-refractivity contribution in [2.24, 2.45) is 0 Å². The molecule has 138 valence electrons. The first-order chi connectivity index (χ1) is 12.0. The van der Waals surface area contributed by atoms with Gasteiger partial charge in [-0.2, -0.15) is 13.2 Å². The Kier molecular flexibility index (Phi) is 5.83. The zero-order valence-corrected chi connectivity index (χ0v) is 15.1. The number of amides is 2. The van der Waals surface area contributed by atoms with Crippen LogP contribution in [0.4, 0.5) is 24.5 Å². The predicted molar refractivity (Wildman–Crippen MR) is 94.6 cm³/mol. The van der Waals surface area contributed by atoms with Crippen LogP contribution in [-0.4, -0.2) is 11.8 Å². The van der Waals surface area contributed by atoms with E-state index in [1.165, 1.54) is 6.07 Å². The highest BCUT2D eigenvalue weighted by Gasteiger charge is 2.34. The van der Waals surface area contributed by atoms with E-state index in [0.29, 0.717) is 11.6 Å². The lowest BCUT2D eigenvalue weighted by molar-refractivity contribution is -0.137. The topological polar surface area (TPSA) is 58.2 Å². The SMILES string of the molecule is Cc1cc(C)c(NC(=O)C(=O)Nc2ccc(Cl)cc2C(F)(F)F)c(Cl)c1. The van der Waals surface area contributed by atoms with Crippen LogP contribution < -0.4 is 10.6 Å². The summed E-state index contributed by atoms with van der Waals surface area (Å²) in [6, 6.07) is 6.13. The van der Waals surface area contributed by atoms with E-state index >= 15 is 0 Å². The molecule has 0 aliphatic carbocycles. The standard InChI is InChI=1S/C17H13Cl2F3N2O2/c1-8-5-9(2)14(12(19)6-8)24-16(26)15(25)23-13-4-3-10(18)7-11(13)17(20,21)22/h3-7H,1-2H3,(H,23,25)(H,24,26). The first-order valence-corrected chi connectivity index (χ1v) is 8.00. The number of aryl methyl sites for hydroxylation is 2. The van der Waals surface area contributed by atoms with Gasteiger partial charge in [-0.25, -0.2) is 0 Å². The molecule has 0 radical (unpaired) electrons. The van der Waals surface area contributed by atoms with Gasteiger partial charge in [0.1, 0.15) is 0 Å². The van der Waals surface area contributed by atoms with Gasteiger partial charge in [0, 0.05) is 5.02 Å². The molecule has 2 rings (SSSR count). The molecule has 0 atom stereocenters. The second-order valence-corrected chi connectivity index (χ2v) is 6.38. The molecule has 0 aromatic heterocycles. The van der Waals surface area contributed by atoms with Crippen molar-refractivity contribution in [1.29, 1.82) is 0 Å². The lowest BCUT2D eigenvalue weighted by atomic mass is 10.1. The van der Waals surface area contributed by atoms with Crippen LogP contribution in [0.15, 0.2) is 30.3 Å². The van der Waals surface area contributed by atoms with Gasteiger partial charge < -0.3 is 10.6 Å². The van der Waals surface area contributed by atoms with Crippen LogP contribution in [0, 0.1) is 13.8 Å². The molecule has 2 aromatic rings. The molecule has 0 saturated heterocycles. The van der Waals surface area contributed by atoms with Gasteiger partial charge in [-0.1, -0.05) is 29.3 Å². The number of hydrogen-bond acceptors (Lipinski definition) is 2. The first kappa shape index (κ1) is 20.1. The summed E-state index contributed by atoms with van der Waals surface area (Å²) in [5.41, 5.74) is -0.0569. The maximum absolute atomic E-state index is 13.0. The predicted octanol–water partition coefficient (Wildman–Crippen LogP) is 5.21. The number of benzene rings is 2. The van der Waals surface area contributed by atoms with Gasteiger partial charge in [-0.05, 0) is 49.2 Å². The molecule has 9 heteroatoms. The fraction of sp³-hybridized carbons (Fsp3) is 0.176. The Hall–Kier alpha value is -2.25. The highest BCUT2D eigenvalue weighted by molar-refractivity contribution is 6.45. The fourth-order valence-electron chi connectivity index (χ4n) is 2.28. The van der Waals surface area contributed by atoms with Crippen molar-refractivity contribution in [2.75, 3.05) is 10.6 Å². The molecule has 0 bridgehead atoms. The number of carbonyl (C=O) groups is 2. The van der Waals surface area contributed by atoms with Crippen LogP contribution in [0.3, 0.4) is 0 Å². The highest BCUT2D eigenvalue weighted by Crippen LogP contribution is 2.36. The summed E-state index contributed by atoms with van der Waals surface area (Å²) in [7, 11) is 0. The second kappa shape index (κ2) is 7.55. The van der Waals surface area contributed by atoms with Gasteiger partial charge in [0.2, 0.25) is 0 Å². The van der Waals surface area contributed by atoms with E-state index < -0.39 is 29.2 Å². The third kappa shape index (κ3) is 4.68. The number of alkyl halides is 3. The number of nitrogens with one attached hydrogen (secondary N) is 2. The van der Waals surface area contributed by atoms with Crippen LogP contribution in [0.1, 0.15) is 16.7 Å². The molecular formula is C17H13Cl2F3N2O2. The lowest BCUT2D eigenvalue weighted by Crippen LogP contribution is -2.30. The number of halogens is 5. The molecule has 0 spiro atoms. The molecule has 2 aromatic carbocycles. The average molecular weight is 405 g/mol. The van der Waals surface area contributed by atoms with E-state index in [9.17, 15) is 22.8 Å². The van der Waals surface area contributed by atoms with E-state index in [4.69, 9.17) is 23.2 Å². The Labute approximate surface area is 157 Å². The minimum atomic E-state index is -4.75. The molecule has 0 aliphatic heterocycles. The van der Waals surface area contributed by atoms with E-state index in [-0.39, 0.29) is 15.7 Å². The molecule has 2 N–H and O–H groups in total. The van der Waals surface area contributed by atoms with Gasteiger partial charge in [0.25, 0.3) is 0 Å². The van der Waals surface area contributed by atoms with Gasteiger partial charge >= 0.3 is 18.0 Å². The summed E-state index contributed by atoms with van der Waals surface area (Å²) >= 11 is 11.6. The van der Waals surface area contributed by atoms with Crippen molar-refractivity contribution >= 4 is 46.4 Å². The molecule has 0 saturated carbocycles. The monoisotopic (exact) mass is 404 g/mol. The third-order valence-electron chi connectivity index (χ3n) is 3.41. The van der Waals surface area contributed by atoms with Crippen LogP contribution in [-0.2, 0) is 15.8 Å². The molecule has 0 unspecified atom stereocenters. The number of rotatable bonds is 2. The van der Waals surface area contributed by atoms with Crippen molar-refractivity contribution in [2.45, 2.75) is 20.0 Å². The van der Waals surface area contributed by atoms with E-state index in [1.54, 1.807) is 26.0 Å². The molecule has 26 heavy (non-hydrogen) atoms. The molecule has 2 amide bonds. The Morgan fingerprint density at radius 3 is 2.15 bits per heavy atom. The zero-order valence-electron chi connectivity index (χ0n) is 13.6. The molecular weight excluding hydrogens is 392 g/mol. The molecule has 4 nitrogen and oxygen atoms in total. The van der Waals surface area contributed by atoms with Crippen LogP contribution in [0.25, 0.3) is 0 Å². The average Bonchev–Trinajstić information content (AvgIpc) is 2.51. The van der Waals surface area contributed by atoms with Gasteiger partial charge in [0.05, 0.1) is 22.0 Å². The number of anilines is 2. The van der Waals surface area contributed by atoms with Crippen molar-refractivity contribution in [1.82, 2.24) is 0 Å². The second-order valence-electron chi connectivity index (χ2n) is 5.53. The van der Waals surface area contributed by atoms with E-state index in [2.05, 4.69) is 5.32 Å². The maximum atomic E-state index is 13.0. The van der Waals surface area contributed by atoms with Crippen LogP contribution in [0.5, 0.6) is 0 Å². The summed E-state index contributed by atoms with van der Waals surface area (Å²) in [4.78, 5) is 24.0. The van der Waals surface area contributed by atoms with Crippen molar-refractivity contribution in [3.63, 3.8) is 0 Å². The highest BCUT2D eigenvalue weighted by atomic mass is 35.5. The minimum absolute atomic E-state index is 0.151. The third-order valence-corrected chi connectivity index (χ3v) is 3.94. The molecule has 0 fully saturated rings. The largest absolute Gasteiger partial charge is 0.418 e. The smallest absolute Gasteiger partial charge is 0.317 e. The summed E-state index contributed by atoms with van der Waals surface area (Å²) in [5.74, 6) is -2.42. The summed E-state index contributed by atoms with van der Waals surface area (Å²) in [6.45, 7) is 3.48. The van der Waals surface area contributed by atoms with Crippen LogP contribution in [0.2, 0.25) is 10.0 Å². The molecule has 0 aliphatic rings. The van der Waals surface area contributed by atoms with Gasteiger partial charge in [-0.3, -0.25) is 9.59 Å². The Morgan fingerprint density at radius 2 is 1.58 bits per heavy atom. The minimum Gasteiger partial charge on any atom is -0.317 e. The van der Waals surface area contributed by atoms with E-state index in [0.717, 1.165) is 11.6 Å². The Balaban J connectivity index is 2.23. The van der Waals surface area contributed by atoms with Crippen LogP contribution >= 0.6 is 23.2 Å². The lowest BCUT2D eigenvalue weighted by Gasteiger charge is -2.15. The van der Waals surface area contributed by atoms with Gasteiger partial charge in [-0.15, -0.1) is 0 Å². The quantitative estimate of drug-likeness (QED) is 0.675. The first-order valence-electron chi connectivity index (χ1n) is 7.25. The van der Waals surface area contributed by atoms with E-state index in [1.807, 2.05) is 5.32 Å². The number of hydrogen-bond donors (Lipinski definition) is 2. The van der Waals surface area contributed by atoms with Crippen molar-refractivity contribution < 1.29 is 22.8 Å². The summed E-state index contributed by atoms with van der Waals surface area (Å²) in [6.07, 6.45) is -4.75. The Morgan fingerprint density at radius 1 is 0.962 bits per heavy atom.